The van der Waals surface area contributed by atoms with E-state index in [0.717, 1.165) is 77.1 Å². The van der Waals surface area contributed by atoms with Gasteiger partial charge in [0.15, 0.2) is 0 Å². The molecule has 0 aromatic rings. The molecule has 0 saturated carbocycles. The van der Waals surface area contributed by atoms with Crippen LogP contribution < -0.4 is 10.6 Å². The first-order valence-corrected chi connectivity index (χ1v) is 9.08. The zero-order chi connectivity index (χ0) is 15.9. The minimum Gasteiger partial charge on any atom is -0.375 e. The average Bonchev–Trinajstić information content (AvgIpc) is 2.82. The van der Waals surface area contributed by atoms with Gasteiger partial charge < -0.3 is 15.4 Å². The van der Waals surface area contributed by atoms with Crippen molar-refractivity contribution >= 4 is 11.7 Å². The summed E-state index contributed by atoms with van der Waals surface area (Å²) in [7, 11) is 0. The quantitative estimate of drug-likeness (QED) is 0.745. The molecule has 128 valence electrons. The van der Waals surface area contributed by atoms with Crippen LogP contribution in [-0.2, 0) is 9.53 Å². The summed E-state index contributed by atoms with van der Waals surface area (Å²) in [5.41, 5.74) is -0.374. The number of carbonyl (C=O) groups is 1. The number of likely N-dealkylation sites (tertiary alicyclic amines) is 1. The second-order valence-electron chi connectivity index (χ2n) is 7.65. The molecule has 6 heteroatoms. The van der Waals surface area contributed by atoms with Crippen molar-refractivity contribution in [2.45, 2.75) is 62.6 Å². The van der Waals surface area contributed by atoms with E-state index in [1.807, 2.05) is 6.92 Å². The molecule has 3 fully saturated rings. The van der Waals surface area contributed by atoms with Crippen LogP contribution in [0.2, 0.25) is 0 Å². The Kier molecular flexibility index (Phi) is 3.94. The number of nitrogens with zero attached hydrogens (tertiary/aromatic N) is 2. The number of rotatable bonds is 1. The van der Waals surface area contributed by atoms with Crippen LogP contribution in [0.25, 0.3) is 0 Å². The van der Waals surface area contributed by atoms with E-state index in [4.69, 9.17) is 4.74 Å². The summed E-state index contributed by atoms with van der Waals surface area (Å²) in [6.45, 7) is 6.86. The number of hydrogen-bond acceptors (Lipinski definition) is 5. The summed E-state index contributed by atoms with van der Waals surface area (Å²) in [6, 6.07) is 0.605. The lowest BCUT2D eigenvalue weighted by Gasteiger charge is -2.48. The second-order valence-corrected chi connectivity index (χ2v) is 7.65. The summed E-state index contributed by atoms with van der Waals surface area (Å²) < 4.78 is 6.20. The van der Waals surface area contributed by atoms with Crippen molar-refractivity contribution in [1.29, 1.82) is 0 Å². The van der Waals surface area contributed by atoms with Crippen molar-refractivity contribution in [3.8, 4) is 0 Å². The number of carbonyl (C=O) groups excluding carboxylic acids is 1. The van der Waals surface area contributed by atoms with Crippen LogP contribution >= 0.6 is 0 Å². The lowest BCUT2D eigenvalue weighted by atomic mass is 9.80. The van der Waals surface area contributed by atoms with Crippen molar-refractivity contribution in [1.82, 2.24) is 15.5 Å². The lowest BCUT2D eigenvalue weighted by Crippen LogP contribution is -2.56. The van der Waals surface area contributed by atoms with E-state index in [9.17, 15) is 4.79 Å². The molecule has 0 aromatic heterocycles. The van der Waals surface area contributed by atoms with Crippen molar-refractivity contribution < 1.29 is 9.53 Å². The lowest BCUT2D eigenvalue weighted by molar-refractivity contribution is -0.131. The number of aliphatic imine (C=N–C) groups is 1. The van der Waals surface area contributed by atoms with Crippen LogP contribution in [0.15, 0.2) is 4.99 Å². The number of amides is 1. The first kappa shape index (κ1) is 15.5. The third-order valence-electron chi connectivity index (χ3n) is 6.22. The number of nitrogens with one attached hydrogen (secondary N) is 2. The topological polar surface area (TPSA) is 66.0 Å². The number of amidine groups is 1. The third kappa shape index (κ3) is 2.81. The molecule has 1 atom stereocenters. The summed E-state index contributed by atoms with van der Waals surface area (Å²) in [5, 5.41) is 6.32. The Hall–Kier alpha value is -0.980. The van der Waals surface area contributed by atoms with Crippen LogP contribution in [0, 0.1) is 0 Å². The molecule has 0 aromatic carbocycles. The van der Waals surface area contributed by atoms with Gasteiger partial charge in [-0.15, -0.1) is 0 Å². The van der Waals surface area contributed by atoms with Crippen LogP contribution in [-0.4, -0.2) is 66.6 Å². The molecule has 4 aliphatic heterocycles. The Balaban J connectivity index is 1.39. The van der Waals surface area contributed by atoms with Gasteiger partial charge in [-0.05, 0) is 58.5 Å². The standard InChI is InChI=1S/C17H28N4O2/c1-13-19-15(22)17(20-13)5-9-21(10-6-17)14-2-11-23-16(12-14)3-7-18-8-4-16/h14,18H,2-12H2,1H3,(H,19,20,22). The maximum atomic E-state index is 12.2. The number of piperidine rings is 2. The van der Waals surface area contributed by atoms with Crippen molar-refractivity contribution in [2.24, 2.45) is 4.99 Å². The molecular weight excluding hydrogens is 292 g/mol. The van der Waals surface area contributed by atoms with E-state index in [2.05, 4.69) is 20.5 Å². The zero-order valence-corrected chi connectivity index (χ0v) is 14.1. The second kappa shape index (κ2) is 5.83. The van der Waals surface area contributed by atoms with Gasteiger partial charge in [-0.25, -0.2) is 0 Å². The molecular formula is C17H28N4O2. The fraction of sp³-hybridized carbons (Fsp3) is 0.882. The molecule has 0 radical (unpaired) electrons. The Morgan fingerprint density at radius 1 is 1.22 bits per heavy atom. The smallest absolute Gasteiger partial charge is 0.253 e. The van der Waals surface area contributed by atoms with E-state index < -0.39 is 5.54 Å². The molecule has 2 N–H and O–H groups in total. The highest BCUT2D eigenvalue weighted by Crippen LogP contribution is 2.37. The minimum absolute atomic E-state index is 0.1000. The Labute approximate surface area is 138 Å². The Morgan fingerprint density at radius 2 is 1.96 bits per heavy atom. The fourth-order valence-electron chi connectivity index (χ4n) is 4.82. The van der Waals surface area contributed by atoms with Gasteiger partial charge in [-0.1, -0.05) is 0 Å². The highest BCUT2D eigenvalue weighted by Gasteiger charge is 2.47. The Bertz CT molecular complexity index is 499. The van der Waals surface area contributed by atoms with Gasteiger partial charge in [-0.2, -0.15) is 0 Å². The molecule has 23 heavy (non-hydrogen) atoms. The molecule has 4 heterocycles. The monoisotopic (exact) mass is 320 g/mol. The largest absolute Gasteiger partial charge is 0.375 e. The SMILES string of the molecule is CC1=NC2(CCN(C3CCOC4(CCNCC4)C3)CC2)C(=O)N1. The number of ether oxygens (including phenoxy) is 1. The zero-order valence-electron chi connectivity index (χ0n) is 14.1. The average molecular weight is 320 g/mol. The molecule has 1 amide bonds. The molecule has 4 rings (SSSR count). The molecule has 6 nitrogen and oxygen atoms in total. The molecule has 3 saturated heterocycles. The summed E-state index contributed by atoms with van der Waals surface area (Å²) in [6.07, 6.45) is 6.23. The van der Waals surface area contributed by atoms with Gasteiger partial charge in [0.1, 0.15) is 11.4 Å². The van der Waals surface area contributed by atoms with Crippen molar-refractivity contribution in [2.75, 3.05) is 32.8 Å². The fourth-order valence-corrected chi connectivity index (χ4v) is 4.82. The molecule has 0 bridgehead atoms. The molecule has 1 unspecified atom stereocenters. The van der Waals surface area contributed by atoms with Gasteiger partial charge in [0.25, 0.3) is 5.91 Å². The van der Waals surface area contributed by atoms with Gasteiger partial charge in [0.2, 0.25) is 0 Å². The van der Waals surface area contributed by atoms with E-state index in [1.165, 1.54) is 0 Å². The van der Waals surface area contributed by atoms with Crippen molar-refractivity contribution in [3.05, 3.63) is 0 Å². The van der Waals surface area contributed by atoms with E-state index in [-0.39, 0.29) is 11.5 Å². The summed E-state index contributed by atoms with van der Waals surface area (Å²) >= 11 is 0. The Morgan fingerprint density at radius 3 is 2.61 bits per heavy atom. The summed E-state index contributed by atoms with van der Waals surface area (Å²) in [4.78, 5) is 19.4. The van der Waals surface area contributed by atoms with Crippen LogP contribution in [0.1, 0.15) is 45.4 Å². The first-order valence-electron chi connectivity index (χ1n) is 9.08. The maximum absolute atomic E-state index is 12.2. The van der Waals surface area contributed by atoms with Gasteiger partial charge in [0.05, 0.1) is 5.60 Å². The summed E-state index contributed by atoms with van der Waals surface area (Å²) in [5.74, 6) is 0.889. The van der Waals surface area contributed by atoms with Gasteiger partial charge in [-0.3, -0.25) is 14.7 Å². The normalized spacial score (nSPS) is 33.7. The highest BCUT2D eigenvalue weighted by molar-refractivity contribution is 6.07. The third-order valence-corrected chi connectivity index (χ3v) is 6.22. The maximum Gasteiger partial charge on any atom is 0.253 e. The van der Waals surface area contributed by atoms with Crippen molar-refractivity contribution in [3.63, 3.8) is 0 Å². The predicted octanol–water partition coefficient (Wildman–Crippen LogP) is 0.670. The molecule has 0 aliphatic carbocycles. The van der Waals surface area contributed by atoms with Crippen LogP contribution in [0.3, 0.4) is 0 Å². The molecule has 4 aliphatic rings. The van der Waals surface area contributed by atoms with E-state index in [0.29, 0.717) is 6.04 Å². The van der Waals surface area contributed by atoms with Gasteiger partial charge in [0, 0.05) is 25.7 Å². The van der Waals surface area contributed by atoms with Crippen LogP contribution in [0.4, 0.5) is 0 Å². The van der Waals surface area contributed by atoms with Gasteiger partial charge >= 0.3 is 0 Å². The number of hydrogen-bond donors (Lipinski definition) is 2. The highest BCUT2D eigenvalue weighted by atomic mass is 16.5. The predicted molar refractivity (Wildman–Crippen MR) is 88.6 cm³/mol. The first-order chi connectivity index (χ1) is 11.1. The molecule has 2 spiro atoms. The van der Waals surface area contributed by atoms with E-state index >= 15 is 0 Å². The van der Waals surface area contributed by atoms with E-state index in [1.54, 1.807) is 0 Å². The van der Waals surface area contributed by atoms with Crippen LogP contribution in [0.5, 0.6) is 0 Å². The minimum atomic E-state index is -0.474.